The monoisotopic (exact) mass is 224 g/mol. The van der Waals surface area contributed by atoms with Gasteiger partial charge in [-0.1, -0.05) is 43.3 Å². The fourth-order valence-corrected chi connectivity index (χ4v) is 2.69. The van der Waals surface area contributed by atoms with E-state index in [1.165, 1.54) is 11.1 Å². The fraction of sp³-hybridized carbons (Fsp3) is 0.250. The minimum atomic E-state index is 0.581. The van der Waals surface area contributed by atoms with Gasteiger partial charge in [-0.05, 0) is 41.5 Å². The highest BCUT2D eigenvalue weighted by atomic mass is 16.3. The van der Waals surface area contributed by atoms with Gasteiger partial charge in [0.05, 0.1) is 6.26 Å². The van der Waals surface area contributed by atoms with Crippen molar-refractivity contribution in [3.05, 3.63) is 66.1 Å². The van der Waals surface area contributed by atoms with E-state index < -0.39 is 0 Å². The van der Waals surface area contributed by atoms with Crippen molar-refractivity contribution in [2.75, 3.05) is 0 Å². The van der Waals surface area contributed by atoms with Crippen LogP contribution in [0.5, 0.6) is 0 Å². The maximum Gasteiger partial charge on any atom is 0.129 e. The van der Waals surface area contributed by atoms with E-state index in [1.807, 2.05) is 12.1 Å². The predicted octanol–water partition coefficient (Wildman–Crippen LogP) is 4.49. The van der Waals surface area contributed by atoms with Crippen LogP contribution < -0.4 is 0 Å². The van der Waals surface area contributed by atoms with Crippen LogP contribution in [-0.4, -0.2) is 0 Å². The van der Waals surface area contributed by atoms with Crippen LogP contribution in [0.4, 0.5) is 0 Å². The molecule has 1 heteroatoms. The molecule has 0 saturated heterocycles. The first-order valence-electron chi connectivity index (χ1n) is 6.14. The highest BCUT2D eigenvalue weighted by molar-refractivity contribution is 5.65. The summed E-state index contributed by atoms with van der Waals surface area (Å²) in [5.41, 5.74) is 2.77. The van der Waals surface area contributed by atoms with Crippen LogP contribution in [0.25, 0.3) is 5.57 Å². The third kappa shape index (κ3) is 1.93. The van der Waals surface area contributed by atoms with Crippen molar-refractivity contribution in [3.8, 4) is 0 Å². The van der Waals surface area contributed by atoms with Gasteiger partial charge in [0.25, 0.3) is 0 Å². The Hall–Kier alpha value is -1.76. The molecule has 1 heterocycles. The van der Waals surface area contributed by atoms with Crippen molar-refractivity contribution < 1.29 is 4.42 Å². The second-order valence-electron chi connectivity index (χ2n) is 4.75. The minimum absolute atomic E-state index is 0.581. The largest absolute Gasteiger partial charge is 0.465 e. The summed E-state index contributed by atoms with van der Waals surface area (Å²) in [4.78, 5) is 0. The van der Waals surface area contributed by atoms with Crippen molar-refractivity contribution in [1.29, 1.82) is 0 Å². The van der Waals surface area contributed by atoms with E-state index in [1.54, 1.807) is 6.26 Å². The maximum absolute atomic E-state index is 5.48. The summed E-state index contributed by atoms with van der Waals surface area (Å²) in [5.74, 6) is 2.20. The van der Waals surface area contributed by atoms with Crippen LogP contribution in [0.2, 0.25) is 0 Å². The number of allylic oxidation sites excluding steroid dienone is 2. The third-order valence-corrected chi connectivity index (χ3v) is 3.60. The summed E-state index contributed by atoms with van der Waals surface area (Å²) >= 11 is 0. The molecule has 2 atom stereocenters. The molecule has 0 unspecified atom stereocenters. The van der Waals surface area contributed by atoms with Gasteiger partial charge in [-0.2, -0.15) is 0 Å². The molecule has 1 aromatic heterocycles. The van der Waals surface area contributed by atoms with Gasteiger partial charge in [-0.15, -0.1) is 0 Å². The molecule has 1 nitrogen and oxygen atoms in total. The van der Waals surface area contributed by atoms with Gasteiger partial charge in [-0.25, -0.2) is 0 Å². The first-order chi connectivity index (χ1) is 8.34. The summed E-state index contributed by atoms with van der Waals surface area (Å²) in [7, 11) is 0. The fourth-order valence-electron chi connectivity index (χ4n) is 2.69. The van der Waals surface area contributed by atoms with Gasteiger partial charge in [0.1, 0.15) is 5.76 Å². The normalized spacial score (nSPS) is 23.7. The smallest absolute Gasteiger partial charge is 0.129 e. The highest BCUT2D eigenvalue weighted by Crippen LogP contribution is 2.42. The second-order valence-corrected chi connectivity index (χ2v) is 4.75. The molecule has 0 N–H and O–H groups in total. The van der Waals surface area contributed by atoms with Gasteiger partial charge in [0.2, 0.25) is 0 Å². The van der Waals surface area contributed by atoms with Crippen LogP contribution in [0.3, 0.4) is 0 Å². The van der Waals surface area contributed by atoms with Crippen molar-refractivity contribution in [2.24, 2.45) is 5.92 Å². The maximum atomic E-state index is 5.48. The molecule has 1 aliphatic rings. The number of hydrogen-bond donors (Lipinski definition) is 0. The first kappa shape index (κ1) is 10.4. The molecule has 0 spiro atoms. The van der Waals surface area contributed by atoms with Crippen molar-refractivity contribution in [1.82, 2.24) is 0 Å². The van der Waals surface area contributed by atoms with Crippen molar-refractivity contribution in [3.63, 3.8) is 0 Å². The van der Waals surface area contributed by atoms with Crippen LogP contribution in [0.15, 0.2) is 59.2 Å². The molecule has 2 aromatic rings. The predicted molar refractivity (Wildman–Crippen MR) is 69.6 cm³/mol. The Kier molecular flexibility index (Phi) is 2.60. The lowest BCUT2D eigenvalue weighted by Crippen LogP contribution is -2.01. The molecule has 0 amide bonds. The quantitative estimate of drug-likeness (QED) is 0.732. The van der Waals surface area contributed by atoms with E-state index in [4.69, 9.17) is 4.42 Å². The SMILES string of the molecule is C[C@@H]1C=C(c2ccco2)C[C@H]1c1ccccc1. The lowest BCUT2D eigenvalue weighted by molar-refractivity contribution is 0.546. The standard InChI is InChI=1S/C16H16O/c1-12-10-14(16-8-5-9-17-16)11-15(12)13-6-3-2-4-7-13/h2-10,12,15H,11H2,1H3/t12-,15-/m1/s1. The Bertz CT molecular complexity index is 508. The zero-order valence-corrected chi connectivity index (χ0v) is 9.97. The van der Waals surface area contributed by atoms with E-state index in [0.717, 1.165) is 12.2 Å². The molecule has 1 aliphatic carbocycles. The molecule has 3 rings (SSSR count). The Balaban J connectivity index is 1.85. The van der Waals surface area contributed by atoms with E-state index in [2.05, 4.69) is 43.3 Å². The van der Waals surface area contributed by atoms with Crippen molar-refractivity contribution in [2.45, 2.75) is 19.3 Å². The number of benzene rings is 1. The Morgan fingerprint density at radius 2 is 1.88 bits per heavy atom. The third-order valence-electron chi connectivity index (χ3n) is 3.60. The average molecular weight is 224 g/mol. The van der Waals surface area contributed by atoms with E-state index >= 15 is 0 Å². The Labute approximate surface area is 102 Å². The van der Waals surface area contributed by atoms with Crippen molar-refractivity contribution >= 4 is 5.57 Å². The zero-order valence-electron chi connectivity index (χ0n) is 9.97. The summed E-state index contributed by atoms with van der Waals surface area (Å²) in [6.45, 7) is 2.29. The zero-order chi connectivity index (χ0) is 11.7. The van der Waals surface area contributed by atoms with Gasteiger partial charge in [0, 0.05) is 0 Å². The molecule has 17 heavy (non-hydrogen) atoms. The summed E-state index contributed by atoms with van der Waals surface area (Å²) in [6, 6.07) is 14.8. The van der Waals surface area contributed by atoms with Crippen LogP contribution in [0.1, 0.15) is 30.6 Å². The topological polar surface area (TPSA) is 13.1 Å². The number of rotatable bonds is 2. The van der Waals surface area contributed by atoms with E-state index in [0.29, 0.717) is 11.8 Å². The molecular formula is C16H16O. The summed E-state index contributed by atoms with van der Waals surface area (Å²) < 4.78 is 5.48. The highest BCUT2D eigenvalue weighted by Gasteiger charge is 2.27. The molecule has 86 valence electrons. The van der Waals surface area contributed by atoms with Crippen LogP contribution in [-0.2, 0) is 0 Å². The van der Waals surface area contributed by atoms with Gasteiger partial charge in [0.15, 0.2) is 0 Å². The summed E-state index contributed by atoms with van der Waals surface area (Å²) in [5, 5.41) is 0. The molecule has 0 radical (unpaired) electrons. The van der Waals surface area contributed by atoms with E-state index in [-0.39, 0.29) is 0 Å². The Morgan fingerprint density at radius 1 is 1.06 bits per heavy atom. The molecule has 0 aliphatic heterocycles. The lowest BCUT2D eigenvalue weighted by Gasteiger charge is -2.15. The number of furan rings is 1. The summed E-state index contributed by atoms with van der Waals surface area (Å²) in [6.07, 6.45) is 5.17. The first-order valence-corrected chi connectivity index (χ1v) is 6.14. The van der Waals surface area contributed by atoms with Gasteiger partial charge >= 0.3 is 0 Å². The lowest BCUT2D eigenvalue weighted by atomic mass is 9.89. The average Bonchev–Trinajstić information content (AvgIpc) is 2.99. The van der Waals surface area contributed by atoms with E-state index in [9.17, 15) is 0 Å². The Morgan fingerprint density at radius 3 is 2.59 bits per heavy atom. The molecule has 0 bridgehead atoms. The van der Waals surface area contributed by atoms with Crippen LogP contribution >= 0.6 is 0 Å². The molecule has 0 saturated carbocycles. The van der Waals surface area contributed by atoms with Gasteiger partial charge in [-0.3, -0.25) is 0 Å². The number of hydrogen-bond acceptors (Lipinski definition) is 1. The molecule has 0 fully saturated rings. The minimum Gasteiger partial charge on any atom is -0.465 e. The molecular weight excluding hydrogens is 208 g/mol. The van der Waals surface area contributed by atoms with Crippen LogP contribution in [0, 0.1) is 5.92 Å². The second kappa shape index (κ2) is 4.25. The molecule has 1 aromatic carbocycles. The van der Waals surface area contributed by atoms with Gasteiger partial charge < -0.3 is 4.42 Å².